The molecule has 0 aromatic carbocycles. The summed E-state index contributed by atoms with van der Waals surface area (Å²) >= 11 is 0. The molecule has 1 amide bonds. The molecular weight excluding hydrogens is 407 g/mol. The second-order valence-electron chi connectivity index (χ2n) is 7.92. The third-order valence-electron chi connectivity index (χ3n) is 3.23. The van der Waals surface area contributed by atoms with Gasteiger partial charge in [-0.2, -0.15) is 0 Å². The maximum atomic E-state index is 12.3. The van der Waals surface area contributed by atoms with Crippen LogP contribution >= 0.6 is 24.0 Å². The van der Waals surface area contributed by atoms with E-state index in [0.717, 1.165) is 25.8 Å². The fourth-order valence-corrected chi connectivity index (χ4v) is 2.38. The zero-order chi connectivity index (χ0) is 17.0. The molecule has 1 rings (SSSR count). The van der Waals surface area contributed by atoms with Crippen LogP contribution in [0.3, 0.4) is 0 Å². The predicted molar refractivity (Wildman–Crippen MR) is 105 cm³/mol. The first-order valence-corrected chi connectivity index (χ1v) is 8.06. The van der Waals surface area contributed by atoms with Crippen LogP contribution in [0.15, 0.2) is 4.99 Å². The Morgan fingerprint density at radius 2 is 1.87 bits per heavy atom. The molecule has 1 aliphatic heterocycles. The molecule has 1 atom stereocenters. The van der Waals surface area contributed by atoms with Crippen LogP contribution < -0.4 is 11.1 Å². The van der Waals surface area contributed by atoms with Crippen molar-refractivity contribution < 1.29 is 9.53 Å². The van der Waals surface area contributed by atoms with Gasteiger partial charge in [-0.15, -0.1) is 24.0 Å². The molecule has 0 bridgehead atoms. The van der Waals surface area contributed by atoms with Crippen LogP contribution in [0, 0.1) is 0 Å². The number of halogens is 1. The molecule has 1 unspecified atom stereocenters. The zero-order valence-electron chi connectivity index (χ0n) is 15.3. The van der Waals surface area contributed by atoms with Crippen LogP contribution in [-0.2, 0) is 4.74 Å². The van der Waals surface area contributed by atoms with Crippen molar-refractivity contribution in [3.8, 4) is 0 Å². The number of piperidine rings is 1. The van der Waals surface area contributed by atoms with Gasteiger partial charge in [-0.1, -0.05) is 0 Å². The highest BCUT2D eigenvalue weighted by Crippen LogP contribution is 2.20. The van der Waals surface area contributed by atoms with Gasteiger partial charge in [-0.05, 0) is 60.8 Å². The number of nitrogens with one attached hydrogen (secondary N) is 1. The van der Waals surface area contributed by atoms with E-state index in [0.29, 0.717) is 12.5 Å². The van der Waals surface area contributed by atoms with Gasteiger partial charge in [0.05, 0.1) is 12.6 Å². The summed E-state index contributed by atoms with van der Waals surface area (Å²) in [6.07, 6.45) is 2.79. The Kier molecular flexibility index (Phi) is 8.65. The number of hydrogen-bond acceptors (Lipinski definition) is 3. The molecule has 136 valence electrons. The summed E-state index contributed by atoms with van der Waals surface area (Å²) in [6, 6.07) is 0.0592. The highest BCUT2D eigenvalue weighted by Gasteiger charge is 2.30. The van der Waals surface area contributed by atoms with Crippen molar-refractivity contribution >= 4 is 36.0 Å². The summed E-state index contributed by atoms with van der Waals surface area (Å²) < 4.78 is 5.49. The number of carbonyl (C=O) groups is 1. The third kappa shape index (κ3) is 9.22. The first-order chi connectivity index (χ1) is 9.98. The van der Waals surface area contributed by atoms with E-state index >= 15 is 0 Å². The summed E-state index contributed by atoms with van der Waals surface area (Å²) in [5.41, 5.74) is 5.31. The highest BCUT2D eigenvalue weighted by atomic mass is 127. The molecule has 1 heterocycles. The van der Waals surface area contributed by atoms with E-state index in [4.69, 9.17) is 10.5 Å². The van der Waals surface area contributed by atoms with E-state index < -0.39 is 5.60 Å². The summed E-state index contributed by atoms with van der Waals surface area (Å²) in [7, 11) is 0. The molecule has 23 heavy (non-hydrogen) atoms. The molecule has 0 aromatic rings. The van der Waals surface area contributed by atoms with Crippen LogP contribution in [-0.4, -0.2) is 47.2 Å². The van der Waals surface area contributed by atoms with E-state index in [9.17, 15) is 4.79 Å². The van der Waals surface area contributed by atoms with Crippen LogP contribution in [0.25, 0.3) is 0 Å². The Hall–Kier alpha value is -0.730. The standard InChI is InChI=1S/C16H32N4O2.HI/c1-15(2,3)19-13(17)18-11-12-9-7-8-10-20(12)14(21)22-16(4,5)6;/h12H,7-11H2,1-6H3,(H3,17,18,19);1H. The minimum Gasteiger partial charge on any atom is -0.444 e. The lowest BCUT2D eigenvalue weighted by molar-refractivity contribution is 0.0109. The van der Waals surface area contributed by atoms with Crippen LogP contribution in [0.1, 0.15) is 60.8 Å². The number of nitrogens with two attached hydrogens (primary N) is 1. The highest BCUT2D eigenvalue weighted by molar-refractivity contribution is 14.0. The molecule has 1 fully saturated rings. The van der Waals surface area contributed by atoms with Gasteiger partial charge in [0.25, 0.3) is 0 Å². The maximum Gasteiger partial charge on any atom is 0.410 e. The topological polar surface area (TPSA) is 80.0 Å². The molecule has 1 aliphatic rings. The average molecular weight is 440 g/mol. The summed E-state index contributed by atoms with van der Waals surface area (Å²) in [4.78, 5) is 18.5. The van der Waals surface area contributed by atoms with Gasteiger partial charge < -0.3 is 20.7 Å². The second kappa shape index (κ2) is 8.94. The van der Waals surface area contributed by atoms with Crippen molar-refractivity contribution in [1.29, 1.82) is 0 Å². The lowest BCUT2D eigenvalue weighted by Crippen LogP contribution is -2.49. The summed E-state index contributed by atoms with van der Waals surface area (Å²) in [5.74, 6) is 0.419. The SMILES string of the molecule is CC(C)(C)NC(N)=NCC1CCCCN1C(=O)OC(C)(C)C.I. The molecule has 6 nitrogen and oxygen atoms in total. The maximum absolute atomic E-state index is 12.3. The number of likely N-dealkylation sites (tertiary alicyclic amines) is 1. The fourth-order valence-electron chi connectivity index (χ4n) is 2.38. The van der Waals surface area contributed by atoms with E-state index in [1.165, 1.54) is 0 Å². The Morgan fingerprint density at radius 1 is 1.26 bits per heavy atom. The number of carbonyl (C=O) groups excluding carboxylic acids is 1. The van der Waals surface area contributed by atoms with Crippen molar-refractivity contribution in [1.82, 2.24) is 10.2 Å². The van der Waals surface area contributed by atoms with Crippen molar-refractivity contribution in [2.75, 3.05) is 13.1 Å². The van der Waals surface area contributed by atoms with Gasteiger partial charge in [0.2, 0.25) is 0 Å². The molecule has 7 heteroatoms. The van der Waals surface area contributed by atoms with Crippen LogP contribution in [0.2, 0.25) is 0 Å². The summed E-state index contributed by atoms with van der Waals surface area (Å²) in [5, 5.41) is 3.13. The zero-order valence-corrected chi connectivity index (χ0v) is 17.6. The number of guanidine groups is 1. The first kappa shape index (κ1) is 22.3. The molecule has 1 saturated heterocycles. The normalized spacial score (nSPS) is 19.8. The number of rotatable bonds is 2. The second-order valence-corrected chi connectivity index (χ2v) is 7.92. The van der Waals surface area contributed by atoms with Gasteiger partial charge in [0.15, 0.2) is 5.96 Å². The van der Waals surface area contributed by atoms with Gasteiger partial charge in [-0.25, -0.2) is 4.79 Å². The quantitative estimate of drug-likeness (QED) is 0.393. The number of nitrogens with zero attached hydrogens (tertiary/aromatic N) is 2. The fraction of sp³-hybridized carbons (Fsp3) is 0.875. The van der Waals surface area contributed by atoms with E-state index in [1.54, 1.807) is 4.90 Å². The summed E-state index contributed by atoms with van der Waals surface area (Å²) in [6.45, 7) is 13.0. The van der Waals surface area contributed by atoms with E-state index in [-0.39, 0.29) is 41.7 Å². The molecule has 0 saturated carbocycles. The Labute approximate surface area is 157 Å². The average Bonchev–Trinajstić information content (AvgIpc) is 2.32. The minimum absolute atomic E-state index is 0. The van der Waals surface area contributed by atoms with Gasteiger partial charge in [0.1, 0.15) is 5.60 Å². The molecule has 0 radical (unpaired) electrons. The van der Waals surface area contributed by atoms with Gasteiger partial charge in [-0.3, -0.25) is 4.99 Å². The molecule has 0 aromatic heterocycles. The van der Waals surface area contributed by atoms with Crippen LogP contribution in [0.5, 0.6) is 0 Å². The van der Waals surface area contributed by atoms with E-state index in [2.05, 4.69) is 10.3 Å². The lowest BCUT2D eigenvalue weighted by Gasteiger charge is -2.36. The largest absolute Gasteiger partial charge is 0.444 e. The van der Waals surface area contributed by atoms with Crippen molar-refractivity contribution in [2.24, 2.45) is 10.7 Å². The van der Waals surface area contributed by atoms with Crippen molar-refractivity contribution in [2.45, 2.75) is 78.0 Å². The molecular formula is C16H33IN4O2. The monoisotopic (exact) mass is 440 g/mol. The Morgan fingerprint density at radius 3 is 2.39 bits per heavy atom. The first-order valence-electron chi connectivity index (χ1n) is 8.06. The van der Waals surface area contributed by atoms with Crippen molar-refractivity contribution in [3.63, 3.8) is 0 Å². The Balaban J connectivity index is 0.00000484. The smallest absolute Gasteiger partial charge is 0.410 e. The number of amides is 1. The number of hydrogen-bond donors (Lipinski definition) is 2. The molecule has 0 spiro atoms. The molecule has 0 aliphatic carbocycles. The van der Waals surface area contributed by atoms with Crippen LogP contribution in [0.4, 0.5) is 4.79 Å². The van der Waals surface area contributed by atoms with Gasteiger partial charge >= 0.3 is 6.09 Å². The predicted octanol–water partition coefficient (Wildman–Crippen LogP) is 3.10. The Bertz CT molecular complexity index is 413. The van der Waals surface area contributed by atoms with Gasteiger partial charge in [0, 0.05) is 12.1 Å². The third-order valence-corrected chi connectivity index (χ3v) is 3.23. The minimum atomic E-state index is -0.477. The number of aliphatic imine (C=N–C) groups is 1. The van der Waals surface area contributed by atoms with E-state index in [1.807, 2.05) is 41.5 Å². The number of ether oxygens (including phenoxy) is 1. The van der Waals surface area contributed by atoms with Crippen molar-refractivity contribution in [3.05, 3.63) is 0 Å². The lowest BCUT2D eigenvalue weighted by atomic mass is 10.0. The molecule has 3 N–H and O–H groups in total.